The van der Waals surface area contributed by atoms with E-state index in [1.807, 2.05) is 30.3 Å². The maximum absolute atomic E-state index is 13.5. The number of carbonyl (C=O) groups is 2. The average molecular weight is 402 g/mol. The molecule has 28 heavy (non-hydrogen) atoms. The second kappa shape index (κ2) is 8.79. The normalized spacial score (nSPS) is 16.8. The van der Waals surface area contributed by atoms with Crippen molar-refractivity contribution in [2.24, 2.45) is 4.99 Å². The van der Waals surface area contributed by atoms with Crippen LogP contribution in [0.25, 0.3) is 0 Å². The van der Waals surface area contributed by atoms with E-state index in [1.165, 1.54) is 18.1 Å². The number of amidine groups is 1. The first-order valence-corrected chi connectivity index (χ1v) is 9.16. The number of esters is 1. The Labute approximate surface area is 164 Å². The monoisotopic (exact) mass is 402 g/mol. The van der Waals surface area contributed by atoms with Crippen molar-refractivity contribution in [2.45, 2.75) is 6.42 Å². The molecule has 3 rings (SSSR count). The summed E-state index contributed by atoms with van der Waals surface area (Å²) in [5, 5.41) is 0.280. The number of methoxy groups -OCH3 is 1. The smallest absolute Gasteiger partial charge is 0.331 e. The molecule has 0 atom stereocenters. The minimum atomic E-state index is -1.03. The quantitative estimate of drug-likeness (QED) is 0.564. The summed E-state index contributed by atoms with van der Waals surface area (Å²) in [5.41, 5.74) is 1.19. The summed E-state index contributed by atoms with van der Waals surface area (Å²) in [4.78, 5) is 30.1. The van der Waals surface area contributed by atoms with Gasteiger partial charge in [-0.1, -0.05) is 30.3 Å². The van der Waals surface area contributed by atoms with E-state index < -0.39 is 23.5 Å². The van der Waals surface area contributed by atoms with Gasteiger partial charge in [0.25, 0.3) is 5.91 Å². The Morgan fingerprint density at radius 2 is 1.93 bits per heavy atom. The lowest BCUT2D eigenvalue weighted by Gasteiger charge is -2.15. The molecule has 0 spiro atoms. The van der Waals surface area contributed by atoms with Crippen LogP contribution in [0.5, 0.6) is 0 Å². The first-order chi connectivity index (χ1) is 13.5. The van der Waals surface area contributed by atoms with Crippen molar-refractivity contribution < 1.29 is 23.1 Å². The second-order valence-corrected chi connectivity index (χ2v) is 6.83. The molecule has 144 valence electrons. The van der Waals surface area contributed by atoms with Crippen LogP contribution in [-0.2, 0) is 20.7 Å². The summed E-state index contributed by atoms with van der Waals surface area (Å²) in [6, 6.07) is 12.8. The highest BCUT2D eigenvalue weighted by molar-refractivity contribution is 8.18. The lowest BCUT2D eigenvalue weighted by molar-refractivity contribution is -0.135. The van der Waals surface area contributed by atoms with Gasteiger partial charge >= 0.3 is 5.97 Å². The van der Waals surface area contributed by atoms with Crippen molar-refractivity contribution in [3.63, 3.8) is 0 Å². The topological polar surface area (TPSA) is 59.0 Å². The van der Waals surface area contributed by atoms with Crippen LogP contribution < -0.4 is 0 Å². The van der Waals surface area contributed by atoms with Gasteiger partial charge in [-0.3, -0.25) is 9.69 Å². The molecule has 5 nitrogen and oxygen atoms in total. The maximum atomic E-state index is 13.5. The van der Waals surface area contributed by atoms with Crippen LogP contribution in [0.3, 0.4) is 0 Å². The molecule has 1 aliphatic heterocycles. The van der Waals surface area contributed by atoms with Crippen LogP contribution in [0.4, 0.5) is 14.5 Å². The number of halogens is 2. The van der Waals surface area contributed by atoms with Crippen molar-refractivity contribution in [2.75, 3.05) is 13.7 Å². The third-order valence-corrected chi connectivity index (χ3v) is 4.94. The molecular weight excluding hydrogens is 386 g/mol. The molecule has 1 aliphatic rings. The predicted molar refractivity (Wildman–Crippen MR) is 103 cm³/mol. The van der Waals surface area contributed by atoms with Gasteiger partial charge in [0.15, 0.2) is 16.8 Å². The number of carbonyl (C=O) groups excluding carboxylic acids is 2. The molecule has 8 heteroatoms. The van der Waals surface area contributed by atoms with Gasteiger partial charge in [0, 0.05) is 18.7 Å². The number of nitrogens with zero attached hydrogens (tertiary/aromatic N) is 2. The first kappa shape index (κ1) is 19.8. The summed E-state index contributed by atoms with van der Waals surface area (Å²) in [6.45, 7) is 0.316. The minimum Gasteiger partial charge on any atom is -0.466 e. The largest absolute Gasteiger partial charge is 0.466 e. The zero-order chi connectivity index (χ0) is 20.1. The molecule has 1 saturated heterocycles. The van der Waals surface area contributed by atoms with Crippen LogP contribution >= 0.6 is 11.8 Å². The molecule has 0 aliphatic carbocycles. The summed E-state index contributed by atoms with van der Waals surface area (Å²) in [5.74, 6) is -3.07. The molecule has 0 bridgehead atoms. The number of ether oxygens (including phenoxy) is 1. The maximum Gasteiger partial charge on any atom is 0.331 e. The highest BCUT2D eigenvalue weighted by atomic mass is 32.2. The third-order valence-electron chi connectivity index (χ3n) is 3.93. The lowest BCUT2D eigenvalue weighted by atomic mass is 10.1. The van der Waals surface area contributed by atoms with E-state index in [-0.39, 0.29) is 15.8 Å². The SMILES string of the molecule is COC(=O)/C=C1\SC(=Nc2ccc(F)c(F)c2)N(CCc2ccccc2)C1=O. The number of aliphatic imine (C=N–C) groups is 1. The van der Waals surface area contributed by atoms with Crippen molar-refractivity contribution in [1.29, 1.82) is 0 Å². The molecule has 0 N–H and O–H groups in total. The molecule has 1 fully saturated rings. The van der Waals surface area contributed by atoms with Gasteiger partial charge in [-0.2, -0.15) is 0 Å². The first-order valence-electron chi connectivity index (χ1n) is 8.35. The fourth-order valence-corrected chi connectivity index (χ4v) is 3.49. The summed E-state index contributed by atoms with van der Waals surface area (Å²) in [7, 11) is 1.22. The molecule has 0 saturated carbocycles. The number of hydrogen-bond donors (Lipinski definition) is 0. The average Bonchev–Trinajstić information content (AvgIpc) is 2.98. The van der Waals surface area contributed by atoms with E-state index in [0.29, 0.717) is 13.0 Å². The number of benzene rings is 2. The Kier molecular flexibility index (Phi) is 6.20. The summed E-state index contributed by atoms with van der Waals surface area (Å²) < 4.78 is 31.2. The molecule has 2 aromatic rings. The Hall–Kier alpha value is -3.00. The number of thioether (sulfide) groups is 1. The zero-order valence-electron chi connectivity index (χ0n) is 14.9. The van der Waals surface area contributed by atoms with Gasteiger partial charge < -0.3 is 4.74 Å². The minimum absolute atomic E-state index is 0.154. The van der Waals surface area contributed by atoms with Gasteiger partial charge in [0.2, 0.25) is 0 Å². The van der Waals surface area contributed by atoms with Gasteiger partial charge in [-0.15, -0.1) is 0 Å². The number of amides is 1. The lowest BCUT2D eigenvalue weighted by Crippen LogP contribution is -2.31. The van der Waals surface area contributed by atoms with Crippen LogP contribution in [-0.4, -0.2) is 35.6 Å². The van der Waals surface area contributed by atoms with Gasteiger partial charge in [0.05, 0.1) is 17.7 Å². The van der Waals surface area contributed by atoms with Crippen LogP contribution in [0.15, 0.2) is 64.5 Å². The Bertz CT molecular complexity index is 961. The molecule has 0 aromatic heterocycles. The summed E-state index contributed by atoms with van der Waals surface area (Å²) >= 11 is 0.981. The zero-order valence-corrected chi connectivity index (χ0v) is 15.7. The molecule has 0 radical (unpaired) electrons. The van der Waals surface area contributed by atoms with Crippen LogP contribution in [0.1, 0.15) is 5.56 Å². The Morgan fingerprint density at radius 3 is 2.61 bits per heavy atom. The van der Waals surface area contributed by atoms with E-state index in [0.717, 1.165) is 35.5 Å². The van der Waals surface area contributed by atoms with Gasteiger partial charge in [-0.05, 0) is 35.9 Å². The molecule has 0 unspecified atom stereocenters. The molecule has 1 heterocycles. The van der Waals surface area contributed by atoms with Crippen molar-refractivity contribution in [3.05, 3.63) is 76.7 Å². The third kappa shape index (κ3) is 4.64. The van der Waals surface area contributed by atoms with E-state index in [2.05, 4.69) is 9.73 Å². The fourth-order valence-electron chi connectivity index (χ4n) is 2.51. The highest BCUT2D eigenvalue weighted by Gasteiger charge is 2.34. The fraction of sp³-hybridized carbons (Fsp3) is 0.150. The molecular formula is C20H16F2N2O3S. The Morgan fingerprint density at radius 1 is 1.18 bits per heavy atom. The van der Waals surface area contributed by atoms with Crippen LogP contribution in [0, 0.1) is 11.6 Å². The van der Waals surface area contributed by atoms with E-state index >= 15 is 0 Å². The van der Waals surface area contributed by atoms with Crippen molar-refractivity contribution >= 4 is 34.5 Å². The predicted octanol–water partition coefficient (Wildman–Crippen LogP) is 3.83. The van der Waals surface area contributed by atoms with E-state index in [1.54, 1.807) is 0 Å². The van der Waals surface area contributed by atoms with E-state index in [4.69, 9.17) is 0 Å². The standard InChI is InChI=1S/C20H16F2N2O3S/c1-27-18(25)12-17-19(26)24(10-9-13-5-3-2-4-6-13)20(28-17)23-14-7-8-15(21)16(22)11-14/h2-8,11-12H,9-10H2,1H3/b17-12-,23-20?. The van der Waals surface area contributed by atoms with Crippen LogP contribution in [0.2, 0.25) is 0 Å². The number of hydrogen-bond acceptors (Lipinski definition) is 5. The Balaban J connectivity index is 1.90. The van der Waals surface area contributed by atoms with Gasteiger partial charge in [-0.25, -0.2) is 18.6 Å². The second-order valence-electron chi connectivity index (χ2n) is 5.82. The van der Waals surface area contributed by atoms with Gasteiger partial charge in [0.1, 0.15) is 0 Å². The van der Waals surface area contributed by atoms with E-state index in [9.17, 15) is 18.4 Å². The highest BCUT2D eigenvalue weighted by Crippen LogP contribution is 2.33. The molecule has 2 aromatic carbocycles. The van der Waals surface area contributed by atoms with Crippen molar-refractivity contribution in [3.8, 4) is 0 Å². The van der Waals surface area contributed by atoms with Crippen molar-refractivity contribution in [1.82, 2.24) is 4.90 Å². The molecule has 1 amide bonds. The summed E-state index contributed by atoms with van der Waals surface area (Å²) in [6.07, 6.45) is 1.66. The number of rotatable bonds is 5.